The van der Waals surface area contributed by atoms with Crippen molar-refractivity contribution in [3.05, 3.63) is 54.0 Å². The molecular formula is C24H27N9O2. The van der Waals surface area contributed by atoms with Crippen molar-refractivity contribution < 1.29 is 9.26 Å². The molecule has 6 heterocycles. The number of pyridine rings is 1. The number of nitrogens with zero attached hydrogens (tertiary/aromatic N) is 7. The second-order valence-corrected chi connectivity index (χ2v) is 8.75. The third-order valence-corrected chi connectivity index (χ3v) is 6.29. The molecule has 0 spiro atoms. The molecule has 4 aromatic rings. The third-order valence-electron chi connectivity index (χ3n) is 6.29. The summed E-state index contributed by atoms with van der Waals surface area (Å²) in [6.07, 6.45) is 3.70. The predicted molar refractivity (Wildman–Crippen MR) is 131 cm³/mol. The number of H-pyrrole nitrogens is 1. The molecule has 4 aromatic heterocycles. The summed E-state index contributed by atoms with van der Waals surface area (Å²) >= 11 is 0. The van der Waals surface area contributed by atoms with Crippen LogP contribution in [0.3, 0.4) is 0 Å². The van der Waals surface area contributed by atoms with Gasteiger partial charge >= 0.3 is 0 Å². The van der Waals surface area contributed by atoms with Crippen LogP contribution in [0.25, 0.3) is 11.4 Å². The molecule has 0 bridgehead atoms. The van der Waals surface area contributed by atoms with Gasteiger partial charge in [0.2, 0.25) is 5.95 Å². The van der Waals surface area contributed by atoms with Crippen LogP contribution in [-0.4, -0.2) is 63.2 Å². The Labute approximate surface area is 202 Å². The lowest BCUT2D eigenvalue weighted by Crippen LogP contribution is -2.37. The van der Waals surface area contributed by atoms with Crippen LogP contribution in [-0.2, 0) is 4.74 Å². The summed E-state index contributed by atoms with van der Waals surface area (Å²) in [6, 6.07) is 11.7. The standard InChI is InChI=1S/C24H27N9O2/c1-16-13-22(30-29-16)26-21-15-23(32-9-11-34-12-10-32)28-24(27-21)33-8-4-6-19(33)20-14-18(31-35-20)17-5-2-3-7-25-17/h2-3,5,7,13-15,19H,4,6,8-12H2,1H3,(H2,26,27,28,29,30)/t19-/m0/s1. The number of nitrogens with one attached hydrogen (secondary N) is 2. The fourth-order valence-corrected chi connectivity index (χ4v) is 4.57. The van der Waals surface area contributed by atoms with Crippen LogP contribution in [0, 0.1) is 6.92 Å². The van der Waals surface area contributed by atoms with Gasteiger partial charge in [-0.3, -0.25) is 10.1 Å². The van der Waals surface area contributed by atoms with Crippen molar-refractivity contribution in [3.8, 4) is 11.4 Å². The highest BCUT2D eigenvalue weighted by Crippen LogP contribution is 2.37. The molecule has 11 nitrogen and oxygen atoms in total. The molecule has 2 aliphatic rings. The minimum atomic E-state index is 0.000351. The van der Waals surface area contributed by atoms with Gasteiger partial charge in [-0.2, -0.15) is 15.1 Å². The summed E-state index contributed by atoms with van der Waals surface area (Å²) in [5, 5.41) is 14.9. The maximum atomic E-state index is 5.79. The van der Waals surface area contributed by atoms with Gasteiger partial charge < -0.3 is 24.4 Å². The molecule has 1 atom stereocenters. The number of aryl methyl sites for hydroxylation is 1. The lowest BCUT2D eigenvalue weighted by molar-refractivity contribution is 0.122. The summed E-state index contributed by atoms with van der Waals surface area (Å²) in [5.74, 6) is 3.72. The Hall–Kier alpha value is -3.99. The lowest BCUT2D eigenvalue weighted by atomic mass is 10.1. The van der Waals surface area contributed by atoms with Crippen LogP contribution >= 0.6 is 0 Å². The van der Waals surface area contributed by atoms with Gasteiger partial charge in [-0.25, -0.2) is 0 Å². The van der Waals surface area contributed by atoms with Gasteiger partial charge in [-0.15, -0.1) is 0 Å². The molecule has 2 saturated heterocycles. The third kappa shape index (κ3) is 4.54. The first-order valence-corrected chi connectivity index (χ1v) is 11.9. The zero-order chi connectivity index (χ0) is 23.6. The van der Waals surface area contributed by atoms with E-state index in [9.17, 15) is 0 Å². The number of anilines is 4. The lowest BCUT2D eigenvalue weighted by Gasteiger charge is -2.30. The highest BCUT2D eigenvalue weighted by molar-refractivity contribution is 5.61. The van der Waals surface area contributed by atoms with Crippen LogP contribution in [0.2, 0.25) is 0 Å². The van der Waals surface area contributed by atoms with Crippen LogP contribution < -0.4 is 15.1 Å². The Morgan fingerprint density at radius 2 is 1.94 bits per heavy atom. The van der Waals surface area contributed by atoms with Crippen molar-refractivity contribution in [2.75, 3.05) is 48.0 Å². The van der Waals surface area contributed by atoms with E-state index in [1.54, 1.807) is 6.20 Å². The van der Waals surface area contributed by atoms with Crippen LogP contribution in [0.5, 0.6) is 0 Å². The first-order chi connectivity index (χ1) is 17.2. The number of ether oxygens (including phenoxy) is 1. The largest absolute Gasteiger partial charge is 0.378 e. The molecule has 0 aliphatic carbocycles. The monoisotopic (exact) mass is 473 g/mol. The SMILES string of the molecule is Cc1cc(Nc2cc(N3CCOCC3)nc(N3CCC[C@H]3c3cc(-c4ccccn4)no3)n2)n[nH]1. The van der Waals surface area contributed by atoms with Crippen LogP contribution in [0.4, 0.5) is 23.4 Å². The van der Waals surface area contributed by atoms with Gasteiger partial charge in [0.15, 0.2) is 11.6 Å². The van der Waals surface area contributed by atoms with Crippen molar-refractivity contribution in [2.45, 2.75) is 25.8 Å². The Morgan fingerprint density at radius 3 is 2.74 bits per heavy atom. The van der Waals surface area contributed by atoms with Gasteiger partial charge in [-0.1, -0.05) is 11.2 Å². The van der Waals surface area contributed by atoms with Crippen molar-refractivity contribution in [1.29, 1.82) is 0 Å². The van der Waals surface area contributed by atoms with Gasteiger partial charge in [0.1, 0.15) is 17.3 Å². The van der Waals surface area contributed by atoms with Gasteiger partial charge in [-0.05, 0) is 31.9 Å². The maximum absolute atomic E-state index is 5.79. The molecule has 0 aromatic carbocycles. The van der Waals surface area contributed by atoms with Crippen LogP contribution in [0.15, 0.2) is 47.1 Å². The molecule has 0 amide bonds. The van der Waals surface area contributed by atoms with Crippen LogP contribution in [0.1, 0.15) is 30.3 Å². The number of hydrogen-bond acceptors (Lipinski definition) is 10. The average Bonchev–Trinajstić information content (AvgIpc) is 3.66. The highest BCUT2D eigenvalue weighted by atomic mass is 16.5. The van der Waals surface area contributed by atoms with E-state index in [1.807, 2.05) is 43.3 Å². The average molecular weight is 474 g/mol. The van der Waals surface area contributed by atoms with Crippen molar-refractivity contribution in [2.24, 2.45) is 0 Å². The molecule has 0 saturated carbocycles. The molecule has 35 heavy (non-hydrogen) atoms. The Morgan fingerprint density at radius 1 is 1.03 bits per heavy atom. The van der Waals surface area contributed by atoms with E-state index in [-0.39, 0.29) is 6.04 Å². The number of aromatic nitrogens is 6. The summed E-state index contributed by atoms with van der Waals surface area (Å²) < 4.78 is 11.3. The smallest absolute Gasteiger partial charge is 0.229 e. The van der Waals surface area contributed by atoms with Gasteiger partial charge in [0.25, 0.3) is 0 Å². The molecule has 11 heteroatoms. The highest BCUT2D eigenvalue weighted by Gasteiger charge is 2.32. The molecular weight excluding hydrogens is 446 g/mol. The quantitative estimate of drug-likeness (QED) is 0.430. The molecule has 0 unspecified atom stereocenters. The number of rotatable bonds is 6. The van der Waals surface area contributed by atoms with Crippen molar-refractivity contribution in [3.63, 3.8) is 0 Å². The molecule has 180 valence electrons. The fourth-order valence-electron chi connectivity index (χ4n) is 4.57. The van der Waals surface area contributed by atoms with E-state index >= 15 is 0 Å². The zero-order valence-corrected chi connectivity index (χ0v) is 19.5. The summed E-state index contributed by atoms with van der Waals surface area (Å²) in [5.41, 5.74) is 2.49. The number of aromatic amines is 1. The van der Waals surface area contributed by atoms with E-state index in [1.165, 1.54) is 0 Å². The zero-order valence-electron chi connectivity index (χ0n) is 19.5. The first-order valence-electron chi connectivity index (χ1n) is 11.9. The Bertz CT molecular complexity index is 1280. The van der Waals surface area contributed by atoms with E-state index in [4.69, 9.17) is 19.2 Å². The normalized spacial score (nSPS) is 18.3. The van der Waals surface area contributed by atoms with E-state index < -0.39 is 0 Å². The molecule has 2 fully saturated rings. The number of morpholine rings is 1. The molecule has 6 rings (SSSR count). The summed E-state index contributed by atoms with van der Waals surface area (Å²) in [6.45, 7) is 5.74. The maximum Gasteiger partial charge on any atom is 0.229 e. The summed E-state index contributed by atoms with van der Waals surface area (Å²) in [7, 11) is 0. The molecule has 0 radical (unpaired) electrons. The van der Waals surface area contributed by atoms with Gasteiger partial charge in [0, 0.05) is 49.7 Å². The van der Waals surface area contributed by atoms with E-state index in [2.05, 4.69) is 35.5 Å². The van der Waals surface area contributed by atoms with Crippen molar-refractivity contribution >= 4 is 23.4 Å². The minimum Gasteiger partial charge on any atom is -0.378 e. The summed E-state index contributed by atoms with van der Waals surface area (Å²) in [4.78, 5) is 18.7. The second kappa shape index (κ2) is 9.34. The Kier molecular flexibility index (Phi) is 5.75. The molecule has 2 aliphatic heterocycles. The predicted octanol–water partition coefficient (Wildman–Crippen LogP) is 3.48. The first kappa shape index (κ1) is 21.5. The minimum absolute atomic E-state index is 0.000351. The van der Waals surface area contributed by atoms with E-state index in [0.717, 1.165) is 61.1 Å². The second-order valence-electron chi connectivity index (χ2n) is 8.75. The van der Waals surface area contributed by atoms with E-state index in [0.29, 0.717) is 30.8 Å². The van der Waals surface area contributed by atoms with Gasteiger partial charge in [0.05, 0.1) is 24.9 Å². The fraction of sp³-hybridized carbons (Fsp3) is 0.375. The molecule has 2 N–H and O–H groups in total. The van der Waals surface area contributed by atoms with Crippen molar-refractivity contribution in [1.82, 2.24) is 30.3 Å². The Balaban J connectivity index is 1.32. The topological polar surface area (TPSA) is 121 Å². The number of hydrogen-bond donors (Lipinski definition) is 2.